The maximum absolute atomic E-state index is 11.1. The van der Waals surface area contributed by atoms with Crippen molar-refractivity contribution in [1.29, 1.82) is 0 Å². The summed E-state index contributed by atoms with van der Waals surface area (Å²) in [5, 5.41) is 0. The molecule has 5 heteroatoms. The van der Waals surface area contributed by atoms with Crippen molar-refractivity contribution in [3.05, 3.63) is 47.9 Å². The Balaban J connectivity index is 2.02. The van der Waals surface area contributed by atoms with Gasteiger partial charge in [-0.1, -0.05) is 18.2 Å². The number of fused-ring (bicyclic) bond motifs is 1. The van der Waals surface area contributed by atoms with Crippen LogP contribution in [0.2, 0.25) is 0 Å². The van der Waals surface area contributed by atoms with Crippen LogP contribution in [0.5, 0.6) is 0 Å². The molecule has 1 aliphatic rings. The minimum absolute atomic E-state index is 0.240. The molecule has 1 amide bonds. The van der Waals surface area contributed by atoms with Gasteiger partial charge in [-0.15, -0.1) is 0 Å². The first-order chi connectivity index (χ1) is 8.75. The normalized spacial score (nSPS) is 13.4. The summed E-state index contributed by atoms with van der Waals surface area (Å²) < 4.78 is 0. The van der Waals surface area contributed by atoms with Crippen LogP contribution in [0.1, 0.15) is 16.1 Å². The van der Waals surface area contributed by atoms with Crippen molar-refractivity contribution in [3.63, 3.8) is 0 Å². The van der Waals surface area contributed by atoms with Crippen LogP contribution in [0.4, 0.5) is 11.5 Å². The summed E-state index contributed by atoms with van der Waals surface area (Å²) in [4.78, 5) is 21.3. The molecular formula is C13H12N4O. The summed E-state index contributed by atoms with van der Waals surface area (Å²) in [6.07, 6.45) is 2.35. The second-order valence-electron chi connectivity index (χ2n) is 4.16. The Hall–Kier alpha value is -2.43. The average molecular weight is 240 g/mol. The van der Waals surface area contributed by atoms with E-state index in [2.05, 4.69) is 20.9 Å². The van der Waals surface area contributed by atoms with Gasteiger partial charge in [0.25, 0.3) is 5.91 Å². The molecule has 3 rings (SSSR count). The van der Waals surface area contributed by atoms with E-state index < -0.39 is 5.91 Å². The standard InChI is InChI=1S/C13H12N4O/c14-13(18)10-7-12(16-8-15-10)17-6-5-9-3-1-2-4-11(9)17/h1-4,7-8H,5-6H2,(H2,14,18). The topological polar surface area (TPSA) is 72.1 Å². The van der Waals surface area contributed by atoms with Crippen molar-refractivity contribution >= 4 is 17.4 Å². The summed E-state index contributed by atoms with van der Waals surface area (Å²) in [6, 6.07) is 9.80. The molecule has 0 spiro atoms. The number of rotatable bonds is 2. The first-order valence-corrected chi connectivity index (χ1v) is 5.73. The largest absolute Gasteiger partial charge is 0.364 e. The van der Waals surface area contributed by atoms with Gasteiger partial charge in [-0.2, -0.15) is 0 Å². The van der Waals surface area contributed by atoms with Crippen molar-refractivity contribution in [2.24, 2.45) is 5.73 Å². The fourth-order valence-corrected chi connectivity index (χ4v) is 2.21. The van der Waals surface area contributed by atoms with Crippen molar-refractivity contribution in [3.8, 4) is 0 Å². The summed E-state index contributed by atoms with van der Waals surface area (Å²) >= 11 is 0. The number of hydrogen-bond donors (Lipinski definition) is 1. The Kier molecular flexibility index (Phi) is 2.44. The van der Waals surface area contributed by atoms with E-state index in [1.54, 1.807) is 6.07 Å². The lowest BCUT2D eigenvalue weighted by atomic mass is 10.2. The predicted octanol–water partition coefficient (Wildman–Crippen LogP) is 1.27. The summed E-state index contributed by atoms with van der Waals surface area (Å²) in [6.45, 7) is 0.856. The van der Waals surface area contributed by atoms with E-state index in [0.717, 1.165) is 18.7 Å². The molecule has 1 aliphatic heterocycles. The van der Waals surface area contributed by atoms with E-state index >= 15 is 0 Å². The molecule has 2 heterocycles. The van der Waals surface area contributed by atoms with Gasteiger partial charge >= 0.3 is 0 Å². The molecule has 1 aromatic heterocycles. The fraction of sp³-hybridized carbons (Fsp3) is 0.154. The Bertz CT molecular complexity index is 611. The molecule has 0 fully saturated rings. The van der Waals surface area contributed by atoms with Crippen LogP contribution in [0.15, 0.2) is 36.7 Å². The predicted molar refractivity (Wildman–Crippen MR) is 67.7 cm³/mol. The number of anilines is 2. The number of nitrogens with two attached hydrogens (primary N) is 1. The third-order valence-electron chi connectivity index (χ3n) is 3.07. The molecule has 2 aromatic rings. The minimum atomic E-state index is -0.536. The number of nitrogens with zero attached hydrogens (tertiary/aromatic N) is 3. The number of benzene rings is 1. The highest BCUT2D eigenvalue weighted by atomic mass is 16.1. The fourth-order valence-electron chi connectivity index (χ4n) is 2.21. The van der Waals surface area contributed by atoms with E-state index in [0.29, 0.717) is 5.82 Å². The molecule has 5 nitrogen and oxygen atoms in total. The van der Waals surface area contributed by atoms with Crippen LogP contribution in [0.25, 0.3) is 0 Å². The average Bonchev–Trinajstić information content (AvgIpc) is 2.82. The number of hydrogen-bond acceptors (Lipinski definition) is 4. The highest BCUT2D eigenvalue weighted by Gasteiger charge is 2.21. The highest BCUT2D eigenvalue weighted by molar-refractivity contribution is 5.91. The van der Waals surface area contributed by atoms with E-state index in [1.807, 2.05) is 18.2 Å². The van der Waals surface area contributed by atoms with Crippen LogP contribution < -0.4 is 10.6 Å². The Morgan fingerprint density at radius 3 is 2.94 bits per heavy atom. The van der Waals surface area contributed by atoms with Gasteiger partial charge in [0.2, 0.25) is 0 Å². The third-order valence-corrected chi connectivity index (χ3v) is 3.07. The van der Waals surface area contributed by atoms with Gasteiger partial charge < -0.3 is 10.6 Å². The maximum Gasteiger partial charge on any atom is 0.267 e. The second-order valence-corrected chi connectivity index (χ2v) is 4.16. The highest BCUT2D eigenvalue weighted by Crippen LogP contribution is 2.32. The van der Waals surface area contributed by atoms with Gasteiger partial charge in [0.05, 0.1) is 0 Å². The molecule has 90 valence electrons. The van der Waals surface area contributed by atoms with E-state index in [4.69, 9.17) is 5.73 Å². The zero-order valence-corrected chi connectivity index (χ0v) is 9.71. The quantitative estimate of drug-likeness (QED) is 0.858. The zero-order chi connectivity index (χ0) is 12.5. The Morgan fingerprint density at radius 1 is 1.28 bits per heavy atom. The maximum atomic E-state index is 11.1. The van der Waals surface area contributed by atoms with Gasteiger partial charge in [-0.3, -0.25) is 4.79 Å². The van der Waals surface area contributed by atoms with Crippen molar-refractivity contribution in [1.82, 2.24) is 9.97 Å². The molecule has 2 N–H and O–H groups in total. The van der Waals surface area contributed by atoms with Gasteiger partial charge in [-0.25, -0.2) is 9.97 Å². The molecule has 0 bridgehead atoms. The number of amides is 1. The Labute approximate surface area is 104 Å². The lowest BCUT2D eigenvalue weighted by molar-refractivity contribution is 0.0995. The number of carbonyl (C=O) groups is 1. The van der Waals surface area contributed by atoms with Gasteiger partial charge in [0.15, 0.2) is 0 Å². The number of primary amides is 1. The smallest absolute Gasteiger partial charge is 0.267 e. The van der Waals surface area contributed by atoms with Crippen molar-refractivity contribution < 1.29 is 4.79 Å². The molecule has 0 atom stereocenters. The molecule has 0 aliphatic carbocycles. The van der Waals surface area contributed by atoms with Crippen molar-refractivity contribution in [2.45, 2.75) is 6.42 Å². The number of carbonyl (C=O) groups excluding carboxylic acids is 1. The molecule has 1 aromatic carbocycles. The molecule has 0 saturated heterocycles. The molecule has 18 heavy (non-hydrogen) atoms. The van der Waals surface area contributed by atoms with Crippen LogP contribution in [-0.4, -0.2) is 22.4 Å². The lowest BCUT2D eigenvalue weighted by Gasteiger charge is -2.18. The summed E-state index contributed by atoms with van der Waals surface area (Å²) in [5.41, 5.74) is 7.89. The summed E-state index contributed by atoms with van der Waals surface area (Å²) in [5.74, 6) is 0.176. The number of para-hydroxylation sites is 1. The second kappa shape index (κ2) is 4.10. The molecule has 0 unspecified atom stereocenters. The van der Waals surface area contributed by atoms with E-state index in [1.165, 1.54) is 11.9 Å². The van der Waals surface area contributed by atoms with Crippen LogP contribution >= 0.6 is 0 Å². The van der Waals surface area contributed by atoms with Gasteiger partial charge in [-0.05, 0) is 18.1 Å². The van der Waals surface area contributed by atoms with E-state index in [9.17, 15) is 4.79 Å². The molecular weight excluding hydrogens is 228 g/mol. The SMILES string of the molecule is NC(=O)c1cc(N2CCc3ccccc32)ncn1. The monoisotopic (exact) mass is 240 g/mol. The zero-order valence-electron chi connectivity index (χ0n) is 9.71. The third kappa shape index (κ3) is 1.69. The first-order valence-electron chi connectivity index (χ1n) is 5.73. The lowest BCUT2D eigenvalue weighted by Crippen LogP contribution is -2.18. The van der Waals surface area contributed by atoms with Crippen LogP contribution in [0, 0.1) is 0 Å². The summed E-state index contributed by atoms with van der Waals surface area (Å²) in [7, 11) is 0. The number of aromatic nitrogens is 2. The van der Waals surface area contributed by atoms with E-state index in [-0.39, 0.29) is 5.69 Å². The first kappa shape index (κ1) is 10.7. The van der Waals surface area contributed by atoms with Crippen molar-refractivity contribution in [2.75, 3.05) is 11.4 Å². The van der Waals surface area contributed by atoms with Gasteiger partial charge in [0.1, 0.15) is 17.8 Å². The Morgan fingerprint density at radius 2 is 2.11 bits per heavy atom. The molecule has 0 radical (unpaired) electrons. The van der Waals surface area contributed by atoms with Crippen LogP contribution in [0.3, 0.4) is 0 Å². The molecule has 0 saturated carbocycles. The van der Waals surface area contributed by atoms with Gasteiger partial charge in [0, 0.05) is 18.3 Å². The van der Waals surface area contributed by atoms with Crippen LogP contribution in [-0.2, 0) is 6.42 Å². The minimum Gasteiger partial charge on any atom is -0.364 e.